The highest BCUT2D eigenvalue weighted by Crippen LogP contribution is 2.57. The van der Waals surface area contributed by atoms with Crippen LogP contribution in [0.2, 0.25) is 0 Å². The summed E-state index contributed by atoms with van der Waals surface area (Å²) < 4.78 is 0. The van der Waals surface area contributed by atoms with Crippen LogP contribution in [-0.2, 0) is 5.41 Å². The second kappa shape index (κ2) is 8.09. The fourth-order valence-corrected chi connectivity index (χ4v) is 6.84. The first kappa shape index (κ1) is 25.2. The van der Waals surface area contributed by atoms with Crippen molar-refractivity contribution in [2.24, 2.45) is 0 Å². The molecule has 0 aliphatic heterocycles. The number of allylic oxidation sites excluding steroid dienone is 2. The lowest BCUT2D eigenvalue weighted by Crippen LogP contribution is -2.27. The fourth-order valence-electron chi connectivity index (χ4n) is 6.84. The topological polar surface area (TPSA) is 0 Å². The Bertz CT molecular complexity index is 1360. The number of benzene rings is 3. The van der Waals surface area contributed by atoms with Gasteiger partial charge in [0.2, 0.25) is 0 Å². The molecule has 35 heavy (non-hydrogen) atoms. The molecular formula is C35H42. The van der Waals surface area contributed by atoms with Crippen LogP contribution < -0.4 is 0 Å². The third-order valence-electron chi connectivity index (χ3n) is 10.0. The van der Waals surface area contributed by atoms with Crippen molar-refractivity contribution in [3.05, 3.63) is 103 Å². The van der Waals surface area contributed by atoms with Crippen molar-refractivity contribution >= 4 is 0 Å². The maximum absolute atomic E-state index is 4.48. The highest BCUT2D eigenvalue weighted by atomic mass is 14.4. The van der Waals surface area contributed by atoms with Crippen LogP contribution in [0.1, 0.15) is 77.9 Å². The maximum Gasteiger partial charge on any atom is 0.0575 e. The zero-order chi connectivity index (χ0) is 26.3. The van der Waals surface area contributed by atoms with Gasteiger partial charge < -0.3 is 0 Å². The van der Waals surface area contributed by atoms with Crippen LogP contribution in [0.3, 0.4) is 0 Å². The molecule has 0 unspecified atom stereocenters. The monoisotopic (exact) mass is 462 g/mol. The standard InChI is InChI=1S/C35H42/c1-15-35(16-2)33-27(13)21(7)19(5)25(11)31(33)29-23(9)17(3)18(4)24(10)30(29)32-26(12)20(6)22(8)28(14)34(32)35/h15-16H,1-2H2,3-14H3. The summed E-state index contributed by atoms with van der Waals surface area (Å²) in [6, 6.07) is 0. The number of hydrogen-bond donors (Lipinski definition) is 0. The van der Waals surface area contributed by atoms with E-state index in [0.29, 0.717) is 0 Å². The van der Waals surface area contributed by atoms with Gasteiger partial charge in [0.1, 0.15) is 0 Å². The average Bonchev–Trinajstić information content (AvgIpc) is 2.96. The van der Waals surface area contributed by atoms with E-state index in [1.807, 2.05) is 0 Å². The van der Waals surface area contributed by atoms with Gasteiger partial charge in [0.05, 0.1) is 5.41 Å². The zero-order valence-electron chi connectivity index (χ0n) is 24.1. The van der Waals surface area contributed by atoms with Crippen LogP contribution in [0.5, 0.6) is 0 Å². The molecule has 0 amide bonds. The van der Waals surface area contributed by atoms with E-state index in [2.05, 4.69) is 108 Å². The second-order valence-electron chi connectivity index (χ2n) is 11.0. The summed E-state index contributed by atoms with van der Waals surface area (Å²) in [6.07, 6.45) is 4.33. The van der Waals surface area contributed by atoms with Crippen molar-refractivity contribution in [1.82, 2.24) is 0 Å². The Morgan fingerprint density at radius 2 is 0.571 bits per heavy atom. The lowest BCUT2D eigenvalue weighted by atomic mass is 9.66. The highest BCUT2D eigenvalue weighted by Gasteiger charge is 2.42. The molecular weight excluding hydrogens is 420 g/mol. The maximum atomic E-state index is 4.48. The molecule has 3 aromatic rings. The van der Waals surface area contributed by atoms with E-state index in [4.69, 9.17) is 0 Å². The Kier molecular flexibility index (Phi) is 5.83. The number of rotatable bonds is 2. The summed E-state index contributed by atoms with van der Waals surface area (Å²) in [6.45, 7) is 36.6. The molecule has 0 N–H and O–H groups in total. The first-order valence-electron chi connectivity index (χ1n) is 12.9. The summed E-state index contributed by atoms with van der Waals surface area (Å²) in [5, 5.41) is 0. The molecule has 0 saturated carbocycles. The fraction of sp³-hybridized carbons (Fsp3) is 0.371. The predicted octanol–water partition coefficient (Wildman–Crippen LogP) is 9.69. The van der Waals surface area contributed by atoms with Gasteiger partial charge in [-0.15, -0.1) is 13.2 Å². The van der Waals surface area contributed by atoms with E-state index in [1.54, 1.807) is 0 Å². The first-order valence-corrected chi connectivity index (χ1v) is 12.9. The van der Waals surface area contributed by atoms with Crippen LogP contribution in [0, 0.1) is 83.1 Å². The SMILES string of the molecule is C=CC1(C=C)c2c(C)c(C)c(C)c(C)c2-c2c(C)c(C)c(C)c(C)c2-c2c(C)c(C)c(C)c(C)c21. The minimum atomic E-state index is -0.481. The molecule has 0 nitrogen and oxygen atoms in total. The van der Waals surface area contributed by atoms with E-state index in [9.17, 15) is 0 Å². The van der Waals surface area contributed by atoms with Gasteiger partial charge in [-0.1, -0.05) is 12.2 Å². The van der Waals surface area contributed by atoms with Gasteiger partial charge in [0.25, 0.3) is 0 Å². The average molecular weight is 463 g/mol. The summed E-state index contributed by atoms with van der Waals surface area (Å²) in [5.41, 5.74) is 24.4. The molecule has 3 aromatic carbocycles. The van der Waals surface area contributed by atoms with Crippen LogP contribution in [-0.4, -0.2) is 0 Å². The molecule has 4 rings (SSSR count). The van der Waals surface area contributed by atoms with E-state index in [-0.39, 0.29) is 0 Å². The van der Waals surface area contributed by atoms with Crippen LogP contribution in [0.15, 0.2) is 25.3 Å². The Morgan fingerprint density at radius 3 is 0.829 bits per heavy atom. The van der Waals surface area contributed by atoms with Crippen molar-refractivity contribution in [3.8, 4) is 22.3 Å². The van der Waals surface area contributed by atoms with Gasteiger partial charge in [-0.3, -0.25) is 0 Å². The van der Waals surface area contributed by atoms with E-state index >= 15 is 0 Å². The normalized spacial score (nSPS) is 13.6. The van der Waals surface area contributed by atoms with Crippen molar-refractivity contribution in [1.29, 1.82) is 0 Å². The Morgan fingerprint density at radius 1 is 0.343 bits per heavy atom. The lowest BCUT2D eigenvalue weighted by molar-refractivity contribution is 0.801. The van der Waals surface area contributed by atoms with Crippen LogP contribution >= 0.6 is 0 Å². The summed E-state index contributed by atoms with van der Waals surface area (Å²) in [5.74, 6) is 0. The molecule has 0 radical (unpaired) electrons. The minimum Gasteiger partial charge on any atom is -0.102 e. The molecule has 0 aromatic heterocycles. The highest BCUT2D eigenvalue weighted by molar-refractivity contribution is 5.99. The van der Waals surface area contributed by atoms with Gasteiger partial charge in [-0.2, -0.15) is 0 Å². The third kappa shape index (κ3) is 2.92. The Labute approximate surface area is 213 Å². The zero-order valence-corrected chi connectivity index (χ0v) is 24.1. The molecule has 182 valence electrons. The predicted molar refractivity (Wildman–Crippen MR) is 155 cm³/mol. The van der Waals surface area contributed by atoms with Crippen molar-refractivity contribution in [2.75, 3.05) is 0 Å². The van der Waals surface area contributed by atoms with E-state index in [0.717, 1.165) is 0 Å². The molecule has 0 heterocycles. The Balaban J connectivity index is 2.57. The van der Waals surface area contributed by atoms with Gasteiger partial charge in [0.15, 0.2) is 0 Å². The molecule has 0 atom stereocenters. The van der Waals surface area contributed by atoms with Crippen molar-refractivity contribution in [2.45, 2.75) is 88.5 Å². The summed E-state index contributed by atoms with van der Waals surface area (Å²) in [7, 11) is 0. The quantitative estimate of drug-likeness (QED) is 0.332. The van der Waals surface area contributed by atoms with Crippen LogP contribution in [0.4, 0.5) is 0 Å². The molecule has 0 bridgehead atoms. The minimum absolute atomic E-state index is 0.481. The largest absolute Gasteiger partial charge is 0.102 e. The van der Waals surface area contributed by atoms with Gasteiger partial charge >= 0.3 is 0 Å². The number of hydrogen-bond acceptors (Lipinski definition) is 0. The van der Waals surface area contributed by atoms with Crippen LogP contribution in [0.25, 0.3) is 22.3 Å². The molecule has 0 saturated heterocycles. The van der Waals surface area contributed by atoms with Gasteiger partial charge in [-0.05, 0) is 183 Å². The smallest absolute Gasteiger partial charge is 0.0575 e. The van der Waals surface area contributed by atoms with Gasteiger partial charge in [0, 0.05) is 0 Å². The molecule has 0 fully saturated rings. The van der Waals surface area contributed by atoms with E-state index < -0.39 is 5.41 Å². The lowest BCUT2D eigenvalue weighted by Gasteiger charge is -2.36. The molecule has 1 aliphatic carbocycles. The van der Waals surface area contributed by atoms with Crippen molar-refractivity contribution in [3.63, 3.8) is 0 Å². The van der Waals surface area contributed by atoms with Gasteiger partial charge in [-0.25, -0.2) is 0 Å². The number of fused-ring (bicyclic) bond motifs is 5. The Hall–Kier alpha value is -2.86. The second-order valence-corrected chi connectivity index (χ2v) is 11.0. The first-order chi connectivity index (χ1) is 16.3. The molecule has 0 heteroatoms. The molecule has 0 spiro atoms. The van der Waals surface area contributed by atoms with Crippen molar-refractivity contribution < 1.29 is 0 Å². The van der Waals surface area contributed by atoms with E-state index in [1.165, 1.54) is 100 Å². The third-order valence-corrected chi connectivity index (χ3v) is 10.0. The summed E-state index contributed by atoms with van der Waals surface area (Å²) in [4.78, 5) is 0. The summed E-state index contributed by atoms with van der Waals surface area (Å²) >= 11 is 0. The molecule has 1 aliphatic rings.